The first kappa shape index (κ1) is 6.29. The van der Waals surface area contributed by atoms with Gasteiger partial charge in [-0.2, -0.15) is 0 Å². The second-order valence-corrected chi connectivity index (χ2v) is 2.27. The van der Waals surface area contributed by atoms with Crippen LogP contribution in [-0.2, 0) is 0 Å². The van der Waals surface area contributed by atoms with E-state index in [1.165, 1.54) is 0 Å². The van der Waals surface area contributed by atoms with Crippen LogP contribution in [0.1, 0.15) is 6.92 Å². The van der Waals surface area contributed by atoms with Gasteiger partial charge in [0, 0.05) is 6.67 Å². The second-order valence-electron chi connectivity index (χ2n) is 1.84. The van der Waals surface area contributed by atoms with Crippen LogP contribution in [0.4, 0.5) is 0 Å². The van der Waals surface area contributed by atoms with Gasteiger partial charge >= 0.3 is 0 Å². The molecule has 2 atom stereocenters. The molecule has 1 rings (SSSR count). The Morgan fingerprint density at radius 1 is 1.50 bits per heavy atom. The first-order valence-electron chi connectivity index (χ1n) is 2.66. The maximum Gasteiger partial charge on any atom is 0.137 e. The van der Waals surface area contributed by atoms with E-state index in [2.05, 4.69) is 16.0 Å². The number of alkyl halides is 1. The van der Waals surface area contributed by atoms with E-state index in [1.54, 1.807) is 0 Å². The van der Waals surface area contributed by atoms with Gasteiger partial charge in [0.25, 0.3) is 0 Å². The van der Waals surface area contributed by atoms with Gasteiger partial charge in [0.05, 0.1) is 6.17 Å². The molecule has 1 saturated heterocycles. The predicted molar refractivity (Wildman–Crippen MR) is 33.4 cm³/mol. The molecule has 1 fully saturated rings. The van der Waals surface area contributed by atoms with Crippen LogP contribution in [0.3, 0.4) is 0 Å². The molecule has 2 unspecified atom stereocenters. The van der Waals surface area contributed by atoms with Crippen LogP contribution in [0.25, 0.3) is 0 Å². The number of hydrogen-bond donors (Lipinski definition) is 3. The Kier molecular flexibility index (Phi) is 2.08. The fourth-order valence-electron chi connectivity index (χ4n) is 0.639. The Labute approximate surface area is 53.8 Å². The van der Waals surface area contributed by atoms with Crippen molar-refractivity contribution in [3.05, 3.63) is 0 Å². The molecule has 1 heterocycles. The van der Waals surface area contributed by atoms with E-state index in [4.69, 9.17) is 11.6 Å². The van der Waals surface area contributed by atoms with Gasteiger partial charge in [-0.25, -0.2) is 0 Å². The number of hydrogen-bond acceptors (Lipinski definition) is 3. The highest BCUT2D eigenvalue weighted by Crippen LogP contribution is 1.90. The second kappa shape index (κ2) is 2.64. The Bertz CT molecular complexity index is 69.7. The first-order valence-corrected chi connectivity index (χ1v) is 3.09. The van der Waals surface area contributed by atoms with Crippen LogP contribution in [0, 0.1) is 0 Å². The molecule has 1 aliphatic rings. The topological polar surface area (TPSA) is 36.1 Å². The largest absolute Gasteiger partial charge is 0.289 e. The molecule has 0 bridgehead atoms. The molecule has 3 nitrogen and oxygen atoms in total. The highest BCUT2D eigenvalue weighted by molar-refractivity contribution is 6.20. The molecule has 0 aromatic carbocycles. The lowest BCUT2D eigenvalue weighted by molar-refractivity contribution is 0.331. The van der Waals surface area contributed by atoms with Crippen molar-refractivity contribution in [3.63, 3.8) is 0 Å². The quantitative estimate of drug-likeness (QED) is 0.312. The third-order valence-corrected chi connectivity index (χ3v) is 1.37. The zero-order valence-electron chi connectivity index (χ0n) is 4.74. The van der Waals surface area contributed by atoms with Crippen molar-refractivity contribution in [3.8, 4) is 0 Å². The van der Waals surface area contributed by atoms with Gasteiger partial charge in [0.1, 0.15) is 5.62 Å². The highest BCUT2D eigenvalue weighted by Gasteiger charge is 2.11. The van der Waals surface area contributed by atoms with Crippen molar-refractivity contribution < 1.29 is 0 Å². The SMILES string of the molecule is CC1NCNC(Cl)N1. The Balaban J connectivity index is 2.23. The molecule has 0 radical (unpaired) electrons. The first-order chi connectivity index (χ1) is 3.79. The number of nitrogens with one attached hydrogen (secondary N) is 3. The van der Waals surface area contributed by atoms with Crippen LogP contribution in [0.2, 0.25) is 0 Å². The van der Waals surface area contributed by atoms with Crippen molar-refractivity contribution in [1.29, 1.82) is 0 Å². The van der Waals surface area contributed by atoms with Gasteiger partial charge in [0.2, 0.25) is 0 Å². The monoisotopic (exact) mass is 135 g/mol. The molecule has 0 aliphatic carbocycles. The van der Waals surface area contributed by atoms with E-state index in [0.717, 1.165) is 6.67 Å². The third kappa shape index (κ3) is 1.59. The summed E-state index contributed by atoms with van der Waals surface area (Å²) in [6.45, 7) is 2.80. The summed E-state index contributed by atoms with van der Waals surface area (Å²) in [4.78, 5) is 0. The van der Waals surface area contributed by atoms with Crippen LogP contribution in [0.5, 0.6) is 0 Å². The Hall–Kier alpha value is 0.170. The fourth-order valence-corrected chi connectivity index (χ4v) is 0.905. The van der Waals surface area contributed by atoms with Gasteiger partial charge in [-0.3, -0.25) is 16.0 Å². The third-order valence-electron chi connectivity index (χ3n) is 1.09. The van der Waals surface area contributed by atoms with Gasteiger partial charge in [-0.1, -0.05) is 11.6 Å². The predicted octanol–water partition coefficient (Wildman–Crippen LogP) is -0.405. The van der Waals surface area contributed by atoms with E-state index in [-0.39, 0.29) is 5.62 Å². The zero-order chi connectivity index (χ0) is 5.98. The summed E-state index contributed by atoms with van der Waals surface area (Å²) in [5.41, 5.74) is -0.0775. The lowest BCUT2D eigenvalue weighted by atomic mass is 10.5. The molecule has 0 saturated carbocycles. The van der Waals surface area contributed by atoms with Gasteiger partial charge in [-0.15, -0.1) is 0 Å². The Morgan fingerprint density at radius 2 is 2.25 bits per heavy atom. The van der Waals surface area contributed by atoms with Crippen molar-refractivity contribution in [2.45, 2.75) is 18.7 Å². The van der Waals surface area contributed by atoms with Crippen LogP contribution >= 0.6 is 11.6 Å². The Morgan fingerprint density at radius 3 is 2.62 bits per heavy atom. The summed E-state index contributed by atoms with van der Waals surface area (Å²) in [7, 11) is 0. The summed E-state index contributed by atoms with van der Waals surface area (Å²) < 4.78 is 0. The van der Waals surface area contributed by atoms with E-state index >= 15 is 0 Å². The minimum atomic E-state index is -0.0775. The smallest absolute Gasteiger partial charge is 0.137 e. The summed E-state index contributed by atoms with van der Waals surface area (Å²) in [5.74, 6) is 0. The summed E-state index contributed by atoms with van der Waals surface area (Å²) in [6, 6.07) is 0. The summed E-state index contributed by atoms with van der Waals surface area (Å²) >= 11 is 5.65. The average Bonchev–Trinajstić information content (AvgIpc) is 1.64. The van der Waals surface area contributed by atoms with Crippen molar-refractivity contribution in [2.75, 3.05) is 6.67 Å². The van der Waals surface area contributed by atoms with E-state index in [0.29, 0.717) is 6.17 Å². The summed E-state index contributed by atoms with van der Waals surface area (Å²) in [6.07, 6.45) is 0.318. The molecular formula is C4H10ClN3. The van der Waals surface area contributed by atoms with E-state index in [1.807, 2.05) is 6.92 Å². The van der Waals surface area contributed by atoms with Gasteiger partial charge in [0.15, 0.2) is 0 Å². The summed E-state index contributed by atoms with van der Waals surface area (Å²) in [5, 5.41) is 9.08. The molecule has 48 valence electrons. The number of halogens is 1. The molecule has 0 spiro atoms. The maximum absolute atomic E-state index is 5.65. The van der Waals surface area contributed by atoms with E-state index in [9.17, 15) is 0 Å². The maximum atomic E-state index is 5.65. The molecule has 0 amide bonds. The van der Waals surface area contributed by atoms with Crippen LogP contribution < -0.4 is 16.0 Å². The van der Waals surface area contributed by atoms with Crippen molar-refractivity contribution in [2.24, 2.45) is 0 Å². The lowest BCUT2D eigenvalue weighted by Crippen LogP contribution is -2.58. The highest BCUT2D eigenvalue weighted by atomic mass is 35.5. The van der Waals surface area contributed by atoms with Crippen LogP contribution in [0.15, 0.2) is 0 Å². The van der Waals surface area contributed by atoms with Gasteiger partial charge in [-0.05, 0) is 6.92 Å². The molecule has 8 heavy (non-hydrogen) atoms. The van der Waals surface area contributed by atoms with Crippen molar-refractivity contribution >= 4 is 11.6 Å². The standard InChI is InChI=1S/C4H10ClN3/c1-3-6-2-7-4(5)8-3/h3-4,6-8H,2H2,1H3. The lowest BCUT2D eigenvalue weighted by Gasteiger charge is -2.26. The number of rotatable bonds is 0. The normalized spacial score (nSPS) is 39.8. The fraction of sp³-hybridized carbons (Fsp3) is 1.00. The molecule has 0 aromatic heterocycles. The minimum Gasteiger partial charge on any atom is -0.289 e. The molecular weight excluding hydrogens is 126 g/mol. The molecule has 0 aromatic rings. The molecule has 4 heteroatoms. The molecule has 1 aliphatic heterocycles. The van der Waals surface area contributed by atoms with Crippen LogP contribution in [-0.4, -0.2) is 18.5 Å². The minimum absolute atomic E-state index is 0.0775. The molecule has 3 N–H and O–H groups in total. The average molecular weight is 136 g/mol. The van der Waals surface area contributed by atoms with Crippen molar-refractivity contribution in [1.82, 2.24) is 16.0 Å². The van der Waals surface area contributed by atoms with Gasteiger partial charge < -0.3 is 0 Å². The van der Waals surface area contributed by atoms with E-state index < -0.39 is 0 Å². The zero-order valence-corrected chi connectivity index (χ0v) is 5.50.